The molecule has 0 bridgehead atoms. The van der Waals surface area contributed by atoms with Crippen LogP contribution in [0.4, 0.5) is 0 Å². The molecule has 3 radical (unpaired) electrons. The molecule has 0 N–H and O–H groups in total. The van der Waals surface area contributed by atoms with Crippen LogP contribution in [0.3, 0.4) is 0 Å². The van der Waals surface area contributed by atoms with Crippen molar-refractivity contribution in [3.63, 3.8) is 0 Å². The Morgan fingerprint density at radius 3 is 2.08 bits per heavy atom. The van der Waals surface area contributed by atoms with Crippen molar-refractivity contribution >= 4 is 7.98 Å². The molecule has 0 amide bonds. The highest BCUT2D eigenvalue weighted by atomic mass is 15.1. The first-order valence-corrected chi connectivity index (χ1v) is 4.71. The average molecular weight is 173 g/mol. The van der Waals surface area contributed by atoms with E-state index in [2.05, 4.69) is 32.9 Å². The van der Waals surface area contributed by atoms with Gasteiger partial charge in [0.05, 0.1) is 0 Å². The van der Waals surface area contributed by atoms with Gasteiger partial charge in [0.2, 0.25) is 0 Å². The third-order valence-corrected chi connectivity index (χ3v) is 2.33. The fourth-order valence-electron chi connectivity index (χ4n) is 1.35. The van der Waals surface area contributed by atoms with Crippen LogP contribution in [0, 0.1) is 0 Å². The minimum absolute atomic E-state index is 0.279. The van der Waals surface area contributed by atoms with Crippen LogP contribution in [-0.4, -0.2) is 18.8 Å². The summed E-state index contributed by atoms with van der Waals surface area (Å²) in [4.78, 5) is 1.87. The highest BCUT2D eigenvalue weighted by molar-refractivity contribution is 6.04. The number of hydrogen-bond donors (Lipinski definition) is 0. The smallest absolute Gasteiger partial charge is 0.0105 e. The number of nitrogens with zero attached hydrogens (tertiary/aromatic N) is 1. The monoisotopic (exact) mass is 173 g/mol. The van der Waals surface area contributed by atoms with Gasteiger partial charge in [-0.15, -0.1) is 0 Å². The fraction of sp³-hybridized carbons (Fsp3) is 0.455. The van der Waals surface area contributed by atoms with Crippen LogP contribution in [0.1, 0.15) is 32.4 Å². The summed E-state index contributed by atoms with van der Waals surface area (Å²) in [7, 11) is 5.93. The molecule has 1 atom stereocenters. The minimum atomic E-state index is 0.279. The van der Waals surface area contributed by atoms with Crippen molar-refractivity contribution in [3.8, 4) is 0 Å². The summed E-state index contributed by atoms with van der Waals surface area (Å²) in [6.07, 6.45) is 0. The van der Waals surface area contributed by atoms with Crippen LogP contribution >= 0.6 is 0 Å². The summed E-state index contributed by atoms with van der Waals surface area (Å²) in [6.45, 7) is 6.31. The van der Waals surface area contributed by atoms with Gasteiger partial charge in [0.25, 0.3) is 0 Å². The molecule has 1 aromatic rings. The van der Waals surface area contributed by atoms with Gasteiger partial charge in [-0.25, -0.2) is 0 Å². The highest BCUT2D eigenvalue weighted by Gasteiger charge is 2.04. The van der Waals surface area contributed by atoms with E-state index in [1.807, 2.05) is 23.0 Å². The van der Waals surface area contributed by atoms with Crippen molar-refractivity contribution in [1.82, 2.24) is 4.81 Å². The first kappa shape index (κ1) is 10.3. The van der Waals surface area contributed by atoms with Crippen LogP contribution in [0.25, 0.3) is 0 Å². The zero-order chi connectivity index (χ0) is 9.84. The summed E-state index contributed by atoms with van der Waals surface area (Å²) in [5.74, 6) is 0. The Morgan fingerprint density at radius 2 is 1.62 bits per heavy atom. The van der Waals surface area contributed by atoms with E-state index in [1.54, 1.807) is 0 Å². The number of hydrogen-bond acceptors (Lipinski definition) is 1. The molecule has 1 nitrogen and oxygen atoms in total. The van der Waals surface area contributed by atoms with Crippen LogP contribution in [-0.2, 0) is 0 Å². The maximum absolute atomic E-state index is 5.93. The van der Waals surface area contributed by atoms with E-state index in [9.17, 15) is 0 Å². The number of rotatable bonds is 3. The van der Waals surface area contributed by atoms with Crippen molar-refractivity contribution in [2.24, 2.45) is 0 Å². The van der Waals surface area contributed by atoms with E-state index in [1.165, 1.54) is 5.56 Å². The highest BCUT2D eigenvalue weighted by Crippen LogP contribution is 2.19. The van der Waals surface area contributed by atoms with E-state index in [0.717, 1.165) is 0 Å². The predicted octanol–water partition coefficient (Wildman–Crippen LogP) is 2.54. The third-order valence-electron chi connectivity index (χ3n) is 2.33. The summed E-state index contributed by atoms with van der Waals surface area (Å²) in [5.41, 5.74) is 1.26. The largest absolute Gasteiger partial charge is 0.572 e. The second-order valence-corrected chi connectivity index (χ2v) is 3.63. The molecule has 0 aliphatic heterocycles. The van der Waals surface area contributed by atoms with Gasteiger partial charge in [0.15, 0.2) is 0 Å². The molecule has 0 heterocycles. The molecule has 0 fully saturated rings. The Bertz CT molecular complexity index is 246. The van der Waals surface area contributed by atoms with Crippen molar-refractivity contribution in [1.29, 1.82) is 0 Å². The molecule has 0 aliphatic rings. The van der Waals surface area contributed by atoms with E-state index in [0.29, 0.717) is 6.04 Å². The molecular formula is C11H16BN-. The second-order valence-electron chi connectivity index (χ2n) is 3.63. The first-order valence-electron chi connectivity index (χ1n) is 4.71. The van der Waals surface area contributed by atoms with Gasteiger partial charge >= 0.3 is 0 Å². The molecule has 69 valence electrons. The van der Waals surface area contributed by atoms with Gasteiger partial charge in [-0.05, 0) is 24.6 Å². The Labute approximate surface area is 82.2 Å². The summed E-state index contributed by atoms with van der Waals surface area (Å²) in [6, 6.07) is 11.0. The van der Waals surface area contributed by atoms with E-state index < -0.39 is 0 Å². The van der Waals surface area contributed by atoms with Crippen LogP contribution in [0.15, 0.2) is 30.3 Å². The minimum Gasteiger partial charge on any atom is -0.572 e. The molecule has 1 rings (SSSR count). The summed E-state index contributed by atoms with van der Waals surface area (Å²) >= 11 is 0. The van der Waals surface area contributed by atoms with E-state index in [-0.39, 0.29) is 6.04 Å². The van der Waals surface area contributed by atoms with Crippen molar-refractivity contribution in [3.05, 3.63) is 35.9 Å². The lowest BCUT2D eigenvalue weighted by molar-refractivity contribution is 0.308. The Morgan fingerprint density at radius 1 is 1.08 bits per heavy atom. The van der Waals surface area contributed by atoms with Crippen LogP contribution in [0.5, 0.6) is 0 Å². The zero-order valence-corrected chi connectivity index (χ0v) is 8.57. The molecule has 1 aromatic carbocycles. The van der Waals surface area contributed by atoms with Crippen molar-refractivity contribution in [2.75, 3.05) is 0 Å². The normalized spacial score (nSPS) is 13.7. The maximum atomic E-state index is 5.93. The standard InChI is InChI=1S/C11H16BN/c1-9(2)13(12)10(3)11-7-5-4-6-8-11/h4-10H,1-3H3/q-1. The molecule has 0 spiro atoms. The molecule has 2 heteroatoms. The molecule has 0 aromatic heterocycles. The average Bonchev–Trinajstić information content (AvgIpc) is 2.17. The third kappa shape index (κ3) is 2.59. The topological polar surface area (TPSA) is 3.24 Å². The lowest BCUT2D eigenvalue weighted by atomic mass is 10.0. The van der Waals surface area contributed by atoms with Gasteiger partial charge in [-0.2, -0.15) is 0 Å². The Balaban J connectivity index is 2.73. The first-order chi connectivity index (χ1) is 6.13. The zero-order valence-electron chi connectivity index (χ0n) is 8.57. The summed E-state index contributed by atoms with van der Waals surface area (Å²) < 4.78 is 0. The van der Waals surface area contributed by atoms with Crippen molar-refractivity contribution in [2.45, 2.75) is 32.9 Å². The lowest BCUT2D eigenvalue weighted by Crippen LogP contribution is -2.30. The molecular weight excluding hydrogens is 157 g/mol. The molecule has 1 unspecified atom stereocenters. The van der Waals surface area contributed by atoms with Crippen LogP contribution in [0.2, 0.25) is 0 Å². The van der Waals surface area contributed by atoms with E-state index >= 15 is 0 Å². The SMILES string of the molecule is [B-]N(C(C)C)C(C)c1ccccc1. The van der Waals surface area contributed by atoms with Gasteiger partial charge < -0.3 is 12.8 Å². The van der Waals surface area contributed by atoms with Crippen molar-refractivity contribution < 1.29 is 0 Å². The van der Waals surface area contributed by atoms with Gasteiger partial charge in [0.1, 0.15) is 0 Å². The number of benzene rings is 1. The fourth-order valence-corrected chi connectivity index (χ4v) is 1.35. The second kappa shape index (κ2) is 4.47. The maximum Gasteiger partial charge on any atom is -0.0105 e. The quantitative estimate of drug-likeness (QED) is 0.635. The van der Waals surface area contributed by atoms with Gasteiger partial charge in [0, 0.05) is 0 Å². The lowest BCUT2D eigenvalue weighted by Gasteiger charge is -2.43. The van der Waals surface area contributed by atoms with Crippen LogP contribution < -0.4 is 0 Å². The van der Waals surface area contributed by atoms with E-state index in [4.69, 9.17) is 7.98 Å². The molecule has 13 heavy (non-hydrogen) atoms. The molecule has 0 aliphatic carbocycles. The Kier molecular flexibility index (Phi) is 3.55. The summed E-state index contributed by atoms with van der Waals surface area (Å²) in [5, 5.41) is 0. The Hall–Kier alpha value is -0.755. The predicted molar refractivity (Wildman–Crippen MR) is 57.6 cm³/mol. The molecule has 0 saturated heterocycles. The molecule has 0 saturated carbocycles. The van der Waals surface area contributed by atoms with Gasteiger partial charge in [-0.1, -0.05) is 44.2 Å². The van der Waals surface area contributed by atoms with Gasteiger partial charge in [-0.3, -0.25) is 0 Å².